The maximum absolute atomic E-state index is 13.4. The van der Waals surface area contributed by atoms with E-state index in [1.54, 1.807) is 6.92 Å². The number of nitrogens with zero attached hydrogens (tertiary/aromatic N) is 4. The Labute approximate surface area is 258 Å². The average Bonchev–Trinajstić information content (AvgIpc) is 3.45. The van der Waals surface area contributed by atoms with Crippen molar-refractivity contribution in [2.45, 2.75) is 110 Å². The number of nitro benzene ring substituents is 1. The van der Waals surface area contributed by atoms with Gasteiger partial charge in [-0.05, 0) is 13.3 Å². The van der Waals surface area contributed by atoms with Gasteiger partial charge in [0.2, 0.25) is 18.2 Å². The number of hydrogen-bond acceptors (Lipinski definition) is 11. The minimum Gasteiger partial charge on any atom is -0.493 e. The third kappa shape index (κ3) is 11.6. The molecule has 0 N–H and O–H groups in total. The second kappa shape index (κ2) is 20.0. The van der Waals surface area contributed by atoms with Crippen molar-refractivity contribution in [1.29, 1.82) is 0 Å². The molecule has 0 spiro atoms. The fraction of sp³-hybridized carbons (Fsp3) is 0.645. The highest BCUT2D eigenvalue weighted by atomic mass is 16.6. The number of methoxy groups -OCH3 is 2. The molecule has 44 heavy (non-hydrogen) atoms. The molecule has 1 aromatic carbocycles. The first-order valence-corrected chi connectivity index (χ1v) is 15.5. The van der Waals surface area contributed by atoms with E-state index in [2.05, 4.69) is 17.1 Å². The number of ketones is 1. The molecule has 13 heteroatoms. The summed E-state index contributed by atoms with van der Waals surface area (Å²) in [5, 5.41) is 19.7. The molecule has 0 unspecified atom stereocenters. The molecule has 2 aromatic rings. The van der Waals surface area contributed by atoms with Crippen LogP contribution in [-0.2, 0) is 21.0 Å². The lowest BCUT2D eigenvalue weighted by atomic mass is 10.0. The highest BCUT2D eigenvalue weighted by Gasteiger charge is 2.32. The number of nitro groups is 1. The van der Waals surface area contributed by atoms with Gasteiger partial charge >= 0.3 is 11.9 Å². The standard InChI is InChI=1S/C31H46N4O9/c1-5-7-8-9-10-11-12-13-14-15-16-17-18-19-27(36)44-22-34-32-28(29(33-34)31(38)43-6-2)30(37)23-20-25(41-3)26(42-4)21-24(23)35(39)40/h20-21H,5-19,22H2,1-4H3. The average molecular weight is 619 g/mol. The predicted octanol–water partition coefficient (Wildman–Crippen LogP) is 6.59. The van der Waals surface area contributed by atoms with Crippen LogP contribution in [0.2, 0.25) is 0 Å². The van der Waals surface area contributed by atoms with Gasteiger partial charge < -0.3 is 18.9 Å². The number of carbonyl (C=O) groups excluding carboxylic acids is 3. The Morgan fingerprint density at radius 3 is 1.82 bits per heavy atom. The van der Waals surface area contributed by atoms with Gasteiger partial charge in [-0.15, -0.1) is 15.0 Å². The number of unbranched alkanes of at least 4 members (excludes halogenated alkanes) is 12. The van der Waals surface area contributed by atoms with Gasteiger partial charge in [-0.2, -0.15) is 0 Å². The summed E-state index contributed by atoms with van der Waals surface area (Å²) in [4.78, 5) is 50.1. The van der Waals surface area contributed by atoms with Crippen LogP contribution < -0.4 is 9.47 Å². The van der Waals surface area contributed by atoms with Crippen molar-refractivity contribution in [1.82, 2.24) is 15.0 Å². The first kappa shape index (κ1) is 36.2. The number of rotatable bonds is 23. The molecule has 0 fully saturated rings. The van der Waals surface area contributed by atoms with E-state index in [0.717, 1.165) is 36.2 Å². The summed E-state index contributed by atoms with van der Waals surface area (Å²) in [6.45, 7) is 3.34. The van der Waals surface area contributed by atoms with E-state index < -0.39 is 52.0 Å². The number of ether oxygens (including phenoxy) is 4. The Kier molecular flexibility index (Phi) is 16.5. The van der Waals surface area contributed by atoms with Crippen LogP contribution in [0.4, 0.5) is 5.69 Å². The third-order valence-electron chi connectivity index (χ3n) is 7.11. The van der Waals surface area contributed by atoms with Crippen LogP contribution in [0.15, 0.2) is 12.1 Å². The van der Waals surface area contributed by atoms with Crippen molar-refractivity contribution in [3.8, 4) is 11.5 Å². The van der Waals surface area contributed by atoms with E-state index in [1.807, 2.05) is 0 Å². The second-order valence-electron chi connectivity index (χ2n) is 10.4. The van der Waals surface area contributed by atoms with Crippen molar-refractivity contribution in [3.63, 3.8) is 0 Å². The van der Waals surface area contributed by atoms with Crippen LogP contribution in [0.25, 0.3) is 0 Å². The summed E-state index contributed by atoms with van der Waals surface area (Å²) in [6.07, 6.45) is 15.7. The highest BCUT2D eigenvalue weighted by molar-refractivity contribution is 6.14. The Morgan fingerprint density at radius 2 is 1.30 bits per heavy atom. The number of aromatic nitrogens is 3. The predicted molar refractivity (Wildman–Crippen MR) is 162 cm³/mol. The molecule has 0 bridgehead atoms. The molecule has 244 valence electrons. The fourth-order valence-electron chi connectivity index (χ4n) is 4.71. The van der Waals surface area contributed by atoms with Gasteiger partial charge in [0.15, 0.2) is 17.2 Å². The third-order valence-corrected chi connectivity index (χ3v) is 7.11. The Morgan fingerprint density at radius 1 is 0.773 bits per heavy atom. The second-order valence-corrected chi connectivity index (χ2v) is 10.4. The minimum atomic E-state index is -0.967. The van der Waals surface area contributed by atoms with Crippen LogP contribution in [-0.4, -0.2) is 58.5 Å². The molecular formula is C31H46N4O9. The molecule has 1 heterocycles. The molecule has 13 nitrogen and oxygen atoms in total. The van der Waals surface area contributed by atoms with Crippen LogP contribution in [0.1, 0.15) is 130 Å². The lowest BCUT2D eigenvalue weighted by Crippen LogP contribution is -2.14. The number of benzene rings is 1. The van der Waals surface area contributed by atoms with Crippen molar-refractivity contribution < 1.29 is 38.3 Å². The maximum Gasteiger partial charge on any atom is 0.361 e. The Hall–Kier alpha value is -4.03. The van der Waals surface area contributed by atoms with E-state index in [0.29, 0.717) is 6.42 Å². The van der Waals surface area contributed by atoms with E-state index in [4.69, 9.17) is 18.9 Å². The molecule has 1 aromatic heterocycles. The smallest absolute Gasteiger partial charge is 0.361 e. The summed E-state index contributed by atoms with van der Waals surface area (Å²) in [5.41, 5.74) is -1.94. The zero-order chi connectivity index (χ0) is 32.3. The summed E-state index contributed by atoms with van der Waals surface area (Å²) in [5.74, 6) is -2.28. The molecule has 0 aliphatic rings. The van der Waals surface area contributed by atoms with E-state index in [9.17, 15) is 24.5 Å². The Bertz CT molecular complexity index is 1230. The fourth-order valence-corrected chi connectivity index (χ4v) is 4.71. The highest BCUT2D eigenvalue weighted by Crippen LogP contribution is 2.35. The van der Waals surface area contributed by atoms with Gasteiger partial charge in [0.1, 0.15) is 5.56 Å². The molecule has 0 amide bonds. The van der Waals surface area contributed by atoms with Crippen LogP contribution in [0, 0.1) is 10.1 Å². The van der Waals surface area contributed by atoms with E-state index >= 15 is 0 Å². The largest absolute Gasteiger partial charge is 0.493 e. The summed E-state index contributed by atoms with van der Waals surface area (Å²) in [7, 11) is 2.61. The monoisotopic (exact) mass is 618 g/mol. The van der Waals surface area contributed by atoms with Crippen molar-refractivity contribution in [2.75, 3.05) is 20.8 Å². The van der Waals surface area contributed by atoms with Crippen LogP contribution in [0.3, 0.4) is 0 Å². The first-order chi connectivity index (χ1) is 21.3. The molecule has 2 rings (SSSR count). The molecule has 0 aliphatic heterocycles. The molecule has 0 saturated heterocycles. The van der Waals surface area contributed by atoms with Gasteiger partial charge in [0.05, 0.1) is 31.8 Å². The molecule has 0 aliphatic carbocycles. The van der Waals surface area contributed by atoms with Crippen molar-refractivity contribution >= 4 is 23.4 Å². The van der Waals surface area contributed by atoms with Gasteiger partial charge in [0.25, 0.3) is 5.69 Å². The molecule has 0 saturated carbocycles. The normalized spacial score (nSPS) is 10.8. The zero-order valence-corrected chi connectivity index (χ0v) is 26.4. The summed E-state index contributed by atoms with van der Waals surface area (Å²) < 4.78 is 20.5. The van der Waals surface area contributed by atoms with Gasteiger partial charge in [0, 0.05) is 12.5 Å². The first-order valence-electron chi connectivity index (χ1n) is 15.5. The topological polar surface area (TPSA) is 162 Å². The van der Waals surface area contributed by atoms with Gasteiger partial charge in [-0.3, -0.25) is 19.7 Å². The quantitative estimate of drug-likeness (QED) is 0.0434. The number of carbonyl (C=O) groups is 3. The van der Waals surface area contributed by atoms with Crippen LogP contribution >= 0.6 is 0 Å². The van der Waals surface area contributed by atoms with Gasteiger partial charge in [-0.1, -0.05) is 84.0 Å². The van der Waals surface area contributed by atoms with E-state index in [1.165, 1.54) is 72.0 Å². The molecule has 0 atom stereocenters. The van der Waals surface area contributed by atoms with Crippen LogP contribution in [0.5, 0.6) is 11.5 Å². The Balaban J connectivity index is 1.92. The SMILES string of the molecule is CCCCCCCCCCCCCCCC(=O)OCn1nc(C(=O)OCC)c(C(=O)c2cc(OC)c(OC)cc2[N+](=O)[O-])n1. The van der Waals surface area contributed by atoms with Crippen molar-refractivity contribution in [3.05, 3.63) is 39.2 Å². The maximum atomic E-state index is 13.4. The van der Waals surface area contributed by atoms with Crippen molar-refractivity contribution in [2.24, 2.45) is 0 Å². The summed E-state index contributed by atoms with van der Waals surface area (Å²) in [6, 6.07) is 2.17. The van der Waals surface area contributed by atoms with E-state index in [-0.39, 0.29) is 24.5 Å². The molecule has 0 radical (unpaired) electrons. The lowest BCUT2D eigenvalue weighted by molar-refractivity contribution is -0.385. The molecular weight excluding hydrogens is 572 g/mol. The van der Waals surface area contributed by atoms with Gasteiger partial charge in [-0.25, -0.2) is 4.79 Å². The lowest BCUT2D eigenvalue weighted by Gasteiger charge is -2.09. The number of esters is 2. The minimum absolute atomic E-state index is 0.00998. The number of hydrogen-bond donors (Lipinski definition) is 0. The zero-order valence-electron chi connectivity index (χ0n) is 26.4. The summed E-state index contributed by atoms with van der Waals surface area (Å²) >= 11 is 0.